The van der Waals surface area contributed by atoms with Gasteiger partial charge in [-0.3, -0.25) is 0 Å². The fourth-order valence-corrected chi connectivity index (χ4v) is 1.90. The number of anilines is 1. The minimum atomic E-state index is -1.28. The highest BCUT2D eigenvalue weighted by molar-refractivity contribution is 6.30. The number of rotatable bonds is 4. The van der Waals surface area contributed by atoms with Crippen LogP contribution in [-0.2, 0) is 4.79 Å². The summed E-state index contributed by atoms with van der Waals surface area (Å²) < 4.78 is 12.9. The van der Waals surface area contributed by atoms with E-state index >= 15 is 0 Å². The second-order valence-corrected chi connectivity index (χ2v) is 4.86. The van der Waals surface area contributed by atoms with Crippen LogP contribution in [0.4, 0.5) is 14.9 Å². The number of carbonyl (C=O) groups is 2. The van der Waals surface area contributed by atoms with Crippen LogP contribution in [0.25, 0.3) is 0 Å². The van der Waals surface area contributed by atoms with Gasteiger partial charge in [-0.05, 0) is 42.0 Å². The minimum Gasteiger partial charge on any atom is -0.479 e. The summed E-state index contributed by atoms with van der Waals surface area (Å²) >= 11 is 5.73. The highest BCUT2D eigenvalue weighted by Gasteiger charge is 2.22. The zero-order chi connectivity index (χ0) is 16.1. The van der Waals surface area contributed by atoms with Crippen molar-refractivity contribution in [2.75, 3.05) is 5.32 Å². The summed E-state index contributed by atoms with van der Waals surface area (Å²) in [6.45, 7) is 0. The third kappa shape index (κ3) is 4.20. The van der Waals surface area contributed by atoms with E-state index in [-0.39, 0.29) is 5.56 Å². The van der Waals surface area contributed by atoms with E-state index in [1.807, 2.05) is 0 Å². The predicted molar refractivity (Wildman–Crippen MR) is 80.4 cm³/mol. The third-order valence-corrected chi connectivity index (χ3v) is 3.08. The number of amides is 2. The SMILES string of the molecule is O=C(Nc1ccc(Cl)cc1)NC(C(=O)O)c1ccc(F)cc1. The van der Waals surface area contributed by atoms with Crippen LogP contribution in [-0.4, -0.2) is 17.1 Å². The molecule has 2 aromatic carbocycles. The molecule has 2 amide bonds. The lowest BCUT2D eigenvalue weighted by molar-refractivity contribution is -0.139. The maximum absolute atomic E-state index is 12.9. The van der Waals surface area contributed by atoms with Crippen molar-refractivity contribution in [3.05, 3.63) is 64.9 Å². The van der Waals surface area contributed by atoms with Gasteiger partial charge in [0.15, 0.2) is 6.04 Å². The van der Waals surface area contributed by atoms with E-state index in [1.54, 1.807) is 24.3 Å². The summed E-state index contributed by atoms with van der Waals surface area (Å²) in [4.78, 5) is 23.1. The molecule has 0 aliphatic carbocycles. The van der Waals surface area contributed by atoms with Crippen molar-refractivity contribution >= 4 is 29.3 Å². The van der Waals surface area contributed by atoms with Gasteiger partial charge in [-0.15, -0.1) is 0 Å². The maximum atomic E-state index is 12.9. The number of halogens is 2. The van der Waals surface area contributed by atoms with Crippen molar-refractivity contribution in [1.29, 1.82) is 0 Å². The summed E-state index contributed by atoms with van der Waals surface area (Å²) in [7, 11) is 0. The largest absolute Gasteiger partial charge is 0.479 e. The Labute approximate surface area is 130 Å². The number of hydrogen-bond donors (Lipinski definition) is 3. The normalized spacial score (nSPS) is 11.5. The number of urea groups is 1. The first kappa shape index (κ1) is 15.8. The number of carboxylic acid groups (broad SMARTS) is 1. The molecule has 1 atom stereocenters. The second kappa shape index (κ2) is 6.91. The highest BCUT2D eigenvalue weighted by atomic mass is 35.5. The van der Waals surface area contributed by atoms with Crippen molar-refractivity contribution in [3.63, 3.8) is 0 Å². The number of carbonyl (C=O) groups excluding carboxylic acids is 1. The summed E-state index contributed by atoms with van der Waals surface area (Å²) in [5.74, 6) is -1.74. The Balaban J connectivity index is 2.07. The topological polar surface area (TPSA) is 78.4 Å². The first-order valence-corrected chi connectivity index (χ1v) is 6.65. The molecule has 3 N–H and O–H groups in total. The van der Waals surface area contributed by atoms with Crippen LogP contribution in [0.5, 0.6) is 0 Å². The first-order chi connectivity index (χ1) is 10.5. The monoisotopic (exact) mass is 322 g/mol. The Bertz CT molecular complexity index is 674. The standard InChI is InChI=1S/C15H12ClFN2O3/c16-10-3-7-12(8-4-10)18-15(22)19-13(14(20)21)9-1-5-11(17)6-2-9/h1-8,13H,(H,20,21)(H2,18,19,22). The summed E-state index contributed by atoms with van der Waals surface area (Å²) in [5.41, 5.74) is 0.727. The molecule has 0 saturated carbocycles. The van der Waals surface area contributed by atoms with Crippen LogP contribution >= 0.6 is 11.6 Å². The minimum absolute atomic E-state index is 0.264. The second-order valence-electron chi connectivity index (χ2n) is 4.43. The van der Waals surface area contributed by atoms with Gasteiger partial charge in [-0.1, -0.05) is 23.7 Å². The molecular weight excluding hydrogens is 311 g/mol. The lowest BCUT2D eigenvalue weighted by Crippen LogP contribution is -2.36. The van der Waals surface area contributed by atoms with E-state index in [9.17, 15) is 19.1 Å². The van der Waals surface area contributed by atoms with Gasteiger partial charge in [0, 0.05) is 10.7 Å². The Morgan fingerprint density at radius 1 is 1.05 bits per heavy atom. The molecule has 0 radical (unpaired) electrons. The van der Waals surface area contributed by atoms with Gasteiger partial charge in [-0.25, -0.2) is 14.0 Å². The predicted octanol–water partition coefficient (Wildman–Crippen LogP) is 3.43. The lowest BCUT2D eigenvalue weighted by Gasteiger charge is -2.15. The average molecular weight is 323 g/mol. The molecule has 22 heavy (non-hydrogen) atoms. The Hall–Kier alpha value is -2.60. The van der Waals surface area contributed by atoms with Crippen molar-refractivity contribution < 1.29 is 19.1 Å². The Kier molecular flexibility index (Phi) is 4.95. The number of aliphatic carboxylic acids is 1. The maximum Gasteiger partial charge on any atom is 0.330 e. The van der Waals surface area contributed by atoms with Gasteiger partial charge in [0.05, 0.1) is 0 Å². The third-order valence-electron chi connectivity index (χ3n) is 2.83. The number of carboxylic acids is 1. The fourth-order valence-electron chi connectivity index (χ4n) is 1.77. The van der Waals surface area contributed by atoms with E-state index in [1.165, 1.54) is 12.1 Å². The molecule has 5 nitrogen and oxygen atoms in total. The number of nitrogens with one attached hydrogen (secondary N) is 2. The first-order valence-electron chi connectivity index (χ1n) is 6.27. The summed E-state index contributed by atoms with van der Waals surface area (Å²) in [6.07, 6.45) is 0. The van der Waals surface area contributed by atoms with Crippen LogP contribution in [0.2, 0.25) is 5.02 Å². The molecule has 0 saturated heterocycles. The van der Waals surface area contributed by atoms with Gasteiger partial charge >= 0.3 is 12.0 Å². The van der Waals surface area contributed by atoms with Crippen LogP contribution in [0, 0.1) is 5.82 Å². The van der Waals surface area contributed by atoms with Gasteiger partial charge in [0.25, 0.3) is 0 Å². The number of benzene rings is 2. The lowest BCUT2D eigenvalue weighted by atomic mass is 10.1. The molecule has 114 valence electrons. The molecule has 0 bridgehead atoms. The molecule has 0 heterocycles. The molecule has 0 spiro atoms. The van der Waals surface area contributed by atoms with Gasteiger partial charge < -0.3 is 15.7 Å². The van der Waals surface area contributed by atoms with Crippen LogP contribution in [0.1, 0.15) is 11.6 Å². The zero-order valence-corrected chi connectivity index (χ0v) is 12.0. The quantitative estimate of drug-likeness (QED) is 0.807. The molecule has 7 heteroatoms. The van der Waals surface area contributed by atoms with E-state index in [2.05, 4.69) is 10.6 Å². The molecule has 0 aliphatic heterocycles. The Morgan fingerprint density at radius 3 is 2.18 bits per heavy atom. The number of hydrogen-bond acceptors (Lipinski definition) is 2. The van der Waals surface area contributed by atoms with Crippen LogP contribution in [0.3, 0.4) is 0 Å². The summed E-state index contributed by atoms with van der Waals surface area (Å²) in [5, 5.41) is 14.5. The van der Waals surface area contributed by atoms with Gasteiger partial charge in [0.1, 0.15) is 5.82 Å². The van der Waals surface area contributed by atoms with Crippen molar-refractivity contribution in [2.45, 2.75) is 6.04 Å². The Morgan fingerprint density at radius 2 is 1.64 bits per heavy atom. The van der Waals surface area contributed by atoms with E-state index in [0.717, 1.165) is 12.1 Å². The molecule has 1 unspecified atom stereocenters. The van der Waals surface area contributed by atoms with Crippen LogP contribution < -0.4 is 10.6 Å². The zero-order valence-electron chi connectivity index (χ0n) is 11.2. The molecule has 0 fully saturated rings. The smallest absolute Gasteiger partial charge is 0.330 e. The van der Waals surface area contributed by atoms with E-state index < -0.39 is 23.9 Å². The van der Waals surface area contributed by atoms with Crippen molar-refractivity contribution in [3.8, 4) is 0 Å². The molecular formula is C15H12ClFN2O3. The van der Waals surface area contributed by atoms with E-state index in [0.29, 0.717) is 10.7 Å². The average Bonchev–Trinajstić information content (AvgIpc) is 2.48. The van der Waals surface area contributed by atoms with Gasteiger partial charge in [0.2, 0.25) is 0 Å². The van der Waals surface area contributed by atoms with Crippen molar-refractivity contribution in [1.82, 2.24) is 5.32 Å². The van der Waals surface area contributed by atoms with Crippen LogP contribution in [0.15, 0.2) is 48.5 Å². The molecule has 2 rings (SSSR count). The van der Waals surface area contributed by atoms with Crippen molar-refractivity contribution in [2.24, 2.45) is 0 Å². The molecule has 2 aromatic rings. The van der Waals surface area contributed by atoms with Gasteiger partial charge in [-0.2, -0.15) is 0 Å². The summed E-state index contributed by atoms with van der Waals surface area (Å²) in [6, 6.07) is 9.22. The molecule has 0 aliphatic rings. The highest BCUT2D eigenvalue weighted by Crippen LogP contribution is 2.16. The molecule has 0 aromatic heterocycles. The van der Waals surface area contributed by atoms with E-state index in [4.69, 9.17) is 11.6 Å². The fraction of sp³-hybridized carbons (Fsp3) is 0.0667.